The lowest BCUT2D eigenvalue weighted by Gasteiger charge is -2.13. The molecule has 0 radical (unpaired) electrons. The Kier molecular flexibility index (Phi) is 4.89. The third-order valence-electron chi connectivity index (χ3n) is 4.07. The van der Waals surface area contributed by atoms with Crippen molar-refractivity contribution in [1.29, 1.82) is 0 Å². The summed E-state index contributed by atoms with van der Waals surface area (Å²) in [7, 11) is 0. The van der Waals surface area contributed by atoms with Crippen molar-refractivity contribution < 1.29 is 10.2 Å². The van der Waals surface area contributed by atoms with Crippen LogP contribution in [0.5, 0.6) is 11.5 Å². The van der Waals surface area contributed by atoms with Crippen LogP contribution in [0, 0.1) is 0 Å². The number of benzene rings is 2. The van der Waals surface area contributed by atoms with Gasteiger partial charge < -0.3 is 10.2 Å². The van der Waals surface area contributed by atoms with E-state index in [1.54, 1.807) is 0 Å². The van der Waals surface area contributed by atoms with Crippen LogP contribution >= 0.6 is 0 Å². The molecule has 0 aliphatic heterocycles. The molecule has 2 N–H and O–H groups in total. The Labute approximate surface area is 127 Å². The smallest absolute Gasteiger partial charge is 0.122 e. The Morgan fingerprint density at radius 3 is 1.71 bits per heavy atom. The van der Waals surface area contributed by atoms with E-state index in [0.717, 1.165) is 47.1 Å². The molecule has 0 fully saturated rings. The highest BCUT2D eigenvalue weighted by molar-refractivity contribution is 5.48. The second-order valence-electron chi connectivity index (χ2n) is 5.42. The van der Waals surface area contributed by atoms with Gasteiger partial charge in [0.05, 0.1) is 0 Å². The van der Waals surface area contributed by atoms with Crippen LogP contribution in [0.3, 0.4) is 0 Å². The molecule has 0 aliphatic carbocycles. The summed E-state index contributed by atoms with van der Waals surface area (Å²) in [5, 5.41) is 20.5. The molecular weight excluding hydrogens is 260 g/mol. The van der Waals surface area contributed by atoms with Crippen molar-refractivity contribution in [2.75, 3.05) is 0 Å². The van der Waals surface area contributed by atoms with E-state index in [1.165, 1.54) is 0 Å². The van der Waals surface area contributed by atoms with Crippen LogP contribution in [0.15, 0.2) is 30.3 Å². The van der Waals surface area contributed by atoms with E-state index in [1.807, 2.05) is 51.1 Å². The van der Waals surface area contributed by atoms with Crippen LogP contribution in [0.2, 0.25) is 0 Å². The van der Waals surface area contributed by atoms with Crippen LogP contribution in [-0.4, -0.2) is 10.2 Å². The van der Waals surface area contributed by atoms with Gasteiger partial charge in [-0.05, 0) is 47.1 Å². The molecule has 0 unspecified atom stereocenters. The lowest BCUT2D eigenvalue weighted by Crippen LogP contribution is -1.96. The summed E-state index contributed by atoms with van der Waals surface area (Å²) in [5.41, 5.74) is 5.04. The molecule has 0 atom stereocenters. The van der Waals surface area contributed by atoms with Crippen molar-refractivity contribution in [2.45, 2.75) is 46.5 Å². The number of phenolic OH excluding ortho intramolecular Hbond substituents is 2. The number of para-hydroxylation sites is 1. The van der Waals surface area contributed by atoms with E-state index in [9.17, 15) is 10.2 Å². The van der Waals surface area contributed by atoms with Crippen molar-refractivity contribution in [3.05, 3.63) is 58.1 Å². The third kappa shape index (κ3) is 3.21. The zero-order chi connectivity index (χ0) is 15.4. The first-order valence-electron chi connectivity index (χ1n) is 7.74. The Hall–Kier alpha value is -1.96. The summed E-state index contributed by atoms with van der Waals surface area (Å²) in [6.45, 7) is 6.14. The molecular formula is C19H24O2. The number of hydrogen-bond acceptors (Lipinski definition) is 2. The molecule has 21 heavy (non-hydrogen) atoms. The van der Waals surface area contributed by atoms with Gasteiger partial charge in [-0.1, -0.05) is 51.1 Å². The van der Waals surface area contributed by atoms with Gasteiger partial charge in [0.25, 0.3) is 0 Å². The Balaban J connectivity index is 2.40. The summed E-state index contributed by atoms with van der Waals surface area (Å²) in [6, 6.07) is 10.0. The maximum Gasteiger partial charge on any atom is 0.122 e. The molecule has 0 amide bonds. The van der Waals surface area contributed by atoms with Crippen LogP contribution in [0.1, 0.15) is 48.6 Å². The van der Waals surface area contributed by atoms with Gasteiger partial charge in [0.2, 0.25) is 0 Å². The van der Waals surface area contributed by atoms with Crippen LogP contribution < -0.4 is 0 Å². The second-order valence-corrected chi connectivity index (χ2v) is 5.42. The van der Waals surface area contributed by atoms with Gasteiger partial charge in [-0.15, -0.1) is 0 Å². The fourth-order valence-corrected chi connectivity index (χ4v) is 2.77. The van der Waals surface area contributed by atoms with E-state index in [2.05, 4.69) is 0 Å². The summed E-state index contributed by atoms with van der Waals surface area (Å²) in [4.78, 5) is 0. The average Bonchev–Trinajstić information content (AvgIpc) is 2.50. The number of rotatable bonds is 5. The standard InChI is InChI=1S/C19H24O2/c1-4-14-8-7-9-17(18(14)20)12-13-10-15(5-2)19(21)16(6-3)11-13/h7-11,20-21H,4-6,12H2,1-3H3. The SMILES string of the molecule is CCc1cc(Cc2cccc(CC)c2O)cc(CC)c1O. The van der Waals surface area contributed by atoms with Gasteiger partial charge >= 0.3 is 0 Å². The highest BCUT2D eigenvalue weighted by atomic mass is 16.3. The minimum atomic E-state index is 0.407. The lowest BCUT2D eigenvalue weighted by molar-refractivity contribution is 0.461. The van der Waals surface area contributed by atoms with Gasteiger partial charge in [0.1, 0.15) is 11.5 Å². The second kappa shape index (κ2) is 6.66. The van der Waals surface area contributed by atoms with E-state index < -0.39 is 0 Å². The van der Waals surface area contributed by atoms with Crippen molar-refractivity contribution in [3.63, 3.8) is 0 Å². The highest BCUT2D eigenvalue weighted by Crippen LogP contribution is 2.30. The van der Waals surface area contributed by atoms with Crippen molar-refractivity contribution >= 4 is 0 Å². The van der Waals surface area contributed by atoms with Gasteiger partial charge in [0, 0.05) is 6.42 Å². The molecule has 2 rings (SSSR count). The third-order valence-corrected chi connectivity index (χ3v) is 4.07. The molecule has 0 aromatic heterocycles. The molecule has 2 heteroatoms. The fraction of sp³-hybridized carbons (Fsp3) is 0.368. The molecule has 0 heterocycles. The maximum atomic E-state index is 10.3. The Morgan fingerprint density at radius 1 is 0.714 bits per heavy atom. The monoisotopic (exact) mass is 284 g/mol. The lowest BCUT2D eigenvalue weighted by atomic mass is 9.95. The van der Waals surface area contributed by atoms with Gasteiger partial charge in [0.15, 0.2) is 0 Å². The quantitative estimate of drug-likeness (QED) is 0.855. The topological polar surface area (TPSA) is 40.5 Å². The Bertz CT molecular complexity index is 604. The summed E-state index contributed by atoms with van der Waals surface area (Å²) >= 11 is 0. The first-order valence-corrected chi connectivity index (χ1v) is 7.74. The predicted molar refractivity (Wildman–Crippen MR) is 87.2 cm³/mol. The summed E-state index contributed by atoms with van der Waals surface area (Å²) < 4.78 is 0. The number of phenols is 2. The fourth-order valence-electron chi connectivity index (χ4n) is 2.77. The van der Waals surface area contributed by atoms with E-state index in [-0.39, 0.29) is 0 Å². The van der Waals surface area contributed by atoms with E-state index in [0.29, 0.717) is 17.9 Å². The van der Waals surface area contributed by atoms with Gasteiger partial charge in [-0.25, -0.2) is 0 Å². The van der Waals surface area contributed by atoms with Crippen LogP contribution in [0.25, 0.3) is 0 Å². The van der Waals surface area contributed by atoms with Crippen LogP contribution in [-0.2, 0) is 25.7 Å². The minimum absolute atomic E-state index is 0.407. The molecule has 0 saturated carbocycles. The zero-order valence-electron chi connectivity index (χ0n) is 13.1. The number of hydrogen-bond donors (Lipinski definition) is 2. The molecule has 0 saturated heterocycles. The van der Waals surface area contributed by atoms with Gasteiger partial charge in [-0.2, -0.15) is 0 Å². The number of aryl methyl sites for hydroxylation is 3. The van der Waals surface area contributed by atoms with Crippen molar-refractivity contribution in [2.24, 2.45) is 0 Å². The molecule has 112 valence electrons. The van der Waals surface area contributed by atoms with Crippen molar-refractivity contribution in [1.82, 2.24) is 0 Å². The van der Waals surface area contributed by atoms with Gasteiger partial charge in [-0.3, -0.25) is 0 Å². The minimum Gasteiger partial charge on any atom is -0.507 e. The normalized spacial score (nSPS) is 10.8. The molecule has 2 aromatic rings. The molecule has 0 spiro atoms. The summed E-state index contributed by atoms with van der Waals surface area (Å²) in [6.07, 6.45) is 3.15. The molecule has 2 nitrogen and oxygen atoms in total. The first-order chi connectivity index (χ1) is 10.1. The predicted octanol–water partition coefficient (Wildman–Crippen LogP) is 4.38. The maximum absolute atomic E-state index is 10.3. The molecule has 0 aliphatic rings. The van der Waals surface area contributed by atoms with Crippen LogP contribution in [0.4, 0.5) is 0 Å². The molecule has 2 aromatic carbocycles. The molecule has 0 bridgehead atoms. The first kappa shape index (κ1) is 15.4. The van der Waals surface area contributed by atoms with E-state index >= 15 is 0 Å². The number of aromatic hydroxyl groups is 2. The highest BCUT2D eigenvalue weighted by Gasteiger charge is 2.11. The zero-order valence-corrected chi connectivity index (χ0v) is 13.1. The summed E-state index contributed by atoms with van der Waals surface area (Å²) in [5.74, 6) is 0.833. The average molecular weight is 284 g/mol. The van der Waals surface area contributed by atoms with E-state index in [4.69, 9.17) is 0 Å². The largest absolute Gasteiger partial charge is 0.507 e. The Morgan fingerprint density at radius 2 is 1.19 bits per heavy atom. The van der Waals surface area contributed by atoms with Crippen molar-refractivity contribution in [3.8, 4) is 11.5 Å².